The van der Waals surface area contributed by atoms with Crippen LogP contribution in [-0.4, -0.2) is 5.78 Å². The summed E-state index contributed by atoms with van der Waals surface area (Å²) in [4.78, 5) is 11.8. The average Bonchev–Trinajstić information content (AvgIpc) is 2.39. The second-order valence-corrected chi connectivity index (χ2v) is 5.76. The maximum atomic E-state index is 11.8. The fraction of sp³-hybridized carbons (Fsp3) is 0.316. The van der Waals surface area contributed by atoms with E-state index in [1.165, 1.54) is 16.7 Å². The van der Waals surface area contributed by atoms with Crippen LogP contribution in [0.2, 0.25) is 0 Å². The van der Waals surface area contributed by atoms with Crippen molar-refractivity contribution < 1.29 is 4.79 Å². The molecule has 2 nitrogen and oxygen atoms in total. The fourth-order valence-corrected chi connectivity index (χ4v) is 2.90. The normalized spacial score (nSPS) is 10.5. The molecule has 2 rings (SSSR count). The summed E-state index contributed by atoms with van der Waals surface area (Å²) in [6.07, 6.45) is 0. The highest BCUT2D eigenvalue weighted by Crippen LogP contribution is 2.24. The van der Waals surface area contributed by atoms with Gasteiger partial charge < -0.3 is 5.32 Å². The van der Waals surface area contributed by atoms with Crippen LogP contribution < -0.4 is 5.32 Å². The summed E-state index contributed by atoms with van der Waals surface area (Å²) in [7, 11) is 0. The third-order valence-corrected chi connectivity index (χ3v) is 4.00. The minimum absolute atomic E-state index is 0.140. The number of Topliss-reactive ketones (excluding diaryl/α,β-unsaturated/α-hetero) is 1. The second kappa shape index (κ2) is 6.13. The molecule has 0 spiro atoms. The lowest BCUT2D eigenvalue weighted by atomic mass is 9.91. The quantitative estimate of drug-likeness (QED) is 0.820. The van der Waals surface area contributed by atoms with Gasteiger partial charge in [-0.25, -0.2) is 0 Å². The van der Waals surface area contributed by atoms with Crippen molar-refractivity contribution in [1.82, 2.24) is 0 Å². The summed E-state index contributed by atoms with van der Waals surface area (Å²) in [6, 6.07) is 10.5. The second-order valence-electron chi connectivity index (χ2n) is 5.76. The first-order chi connectivity index (χ1) is 9.90. The van der Waals surface area contributed by atoms with Crippen LogP contribution in [-0.2, 0) is 6.54 Å². The van der Waals surface area contributed by atoms with E-state index in [1.807, 2.05) is 13.8 Å². The van der Waals surface area contributed by atoms with Gasteiger partial charge in [-0.2, -0.15) is 0 Å². The highest BCUT2D eigenvalue weighted by molar-refractivity contribution is 5.97. The molecule has 0 aliphatic rings. The van der Waals surface area contributed by atoms with E-state index in [1.54, 1.807) is 6.92 Å². The van der Waals surface area contributed by atoms with E-state index < -0.39 is 0 Å². The molecule has 1 N–H and O–H groups in total. The van der Waals surface area contributed by atoms with Gasteiger partial charge in [-0.3, -0.25) is 4.79 Å². The van der Waals surface area contributed by atoms with E-state index in [-0.39, 0.29) is 5.78 Å². The molecule has 0 atom stereocenters. The Kier molecular flexibility index (Phi) is 4.46. The van der Waals surface area contributed by atoms with Crippen molar-refractivity contribution in [3.63, 3.8) is 0 Å². The molecule has 0 fully saturated rings. The number of carbonyl (C=O) groups excluding carboxylic acids is 1. The number of ketones is 1. The Morgan fingerprint density at radius 2 is 1.62 bits per heavy atom. The predicted octanol–water partition coefficient (Wildman–Crippen LogP) is 4.73. The number of hydrogen-bond acceptors (Lipinski definition) is 2. The first kappa shape index (κ1) is 15.3. The van der Waals surface area contributed by atoms with Crippen molar-refractivity contribution in [3.05, 3.63) is 63.7 Å². The van der Waals surface area contributed by atoms with Gasteiger partial charge in [-0.05, 0) is 69.0 Å². The Hall–Kier alpha value is -2.09. The number of aryl methyl sites for hydroxylation is 3. The zero-order chi connectivity index (χ0) is 15.6. The predicted molar refractivity (Wildman–Crippen MR) is 89.2 cm³/mol. The van der Waals surface area contributed by atoms with Crippen molar-refractivity contribution in [2.45, 2.75) is 41.2 Å². The Bertz CT molecular complexity index is 669. The Morgan fingerprint density at radius 3 is 2.19 bits per heavy atom. The zero-order valence-corrected chi connectivity index (χ0v) is 13.5. The van der Waals surface area contributed by atoms with Gasteiger partial charge >= 0.3 is 0 Å². The van der Waals surface area contributed by atoms with Crippen molar-refractivity contribution in [3.8, 4) is 0 Å². The van der Waals surface area contributed by atoms with Gasteiger partial charge in [0.05, 0.1) is 0 Å². The van der Waals surface area contributed by atoms with Crippen molar-refractivity contribution >= 4 is 11.5 Å². The Morgan fingerprint density at radius 1 is 1.00 bits per heavy atom. The minimum atomic E-state index is 0.140. The van der Waals surface area contributed by atoms with Gasteiger partial charge in [-0.1, -0.05) is 23.8 Å². The van der Waals surface area contributed by atoms with Crippen molar-refractivity contribution in [1.29, 1.82) is 0 Å². The van der Waals surface area contributed by atoms with Crippen molar-refractivity contribution in [2.24, 2.45) is 0 Å². The van der Waals surface area contributed by atoms with E-state index >= 15 is 0 Å². The van der Waals surface area contributed by atoms with Gasteiger partial charge in [-0.15, -0.1) is 0 Å². The van der Waals surface area contributed by atoms with E-state index in [4.69, 9.17) is 0 Å². The standard InChI is InChI=1S/C19H23NO/c1-12-6-8-17(9-7-12)20-11-18-13(2)10-14(3)19(15(18)4)16(5)21/h6-10,20H,11H2,1-5H3. The molecule has 0 radical (unpaired) electrons. The van der Waals surface area contributed by atoms with Gasteiger partial charge in [0.2, 0.25) is 0 Å². The summed E-state index contributed by atoms with van der Waals surface area (Å²) in [6.45, 7) is 10.6. The number of benzene rings is 2. The van der Waals surface area contributed by atoms with E-state index in [2.05, 4.69) is 49.5 Å². The Labute approximate surface area is 127 Å². The van der Waals surface area contributed by atoms with Crippen LogP contribution >= 0.6 is 0 Å². The summed E-state index contributed by atoms with van der Waals surface area (Å²) in [5.74, 6) is 0.140. The molecule has 0 aliphatic heterocycles. The van der Waals surface area contributed by atoms with Crippen molar-refractivity contribution in [2.75, 3.05) is 5.32 Å². The van der Waals surface area contributed by atoms with E-state index in [9.17, 15) is 4.79 Å². The molecule has 0 unspecified atom stereocenters. The summed E-state index contributed by atoms with van der Waals surface area (Å²) in [5.41, 5.74) is 7.82. The van der Waals surface area contributed by atoms with E-state index in [0.29, 0.717) is 0 Å². The molecule has 0 amide bonds. The lowest BCUT2D eigenvalue weighted by molar-refractivity contribution is 0.101. The summed E-state index contributed by atoms with van der Waals surface area (Å²) in [5, 5.41) is 3.44. The summed E-state index contributed by atoms with van der Waals surface area (Å²) < 4.78 is 0. The molecule has 21 heavy (non-hydrogen) atoms. The SMILES string of the molecule is CC(=O)c1c(C)cc(C)c(CNc2ccc(C)cc2)c1C. The van der Waals surface area contributed by atoms with Crippen LogP contribution in [0.5, 0.6) is 0 Å². The topological polar surface area (TPSA) is 29.1 Å². The highest BCUT2D eigenvalue weighted by Gasteiger charge is 2.13. The van der Waals surface area contributed by atoms with Gasteiger partial charge in [0.1, 0.15) is 0 Å². The number of hydrogen-bond donors (Lipinski definition) is 1. The number of anilines is 1. The van der Waals surface area contributed by atoms with Crippen LogP contribution in [0, 0.1) is 27.7 Å². The molecule has 0 saturated carbocycles. The molecule has 2 aromatic rings. The maximum absolute atomic E-state index is 11.8. The van der Waals surface area contributed by atoms with Gasteiger partial charge in [0.25, 0.3) is 0 Å². The third kappa shape index (κ3) is 3.33. The molecule has 0 saturated heterocycles. The maximum Gasteiger partial charge on any atom is 0.160 e. The Balaban J connectivity index is 2.29. The number of carbonyl (C=O) groups is 1. The zero-order valence-electron chi connectivity index (χ0n) is 13.5. The molecule has 2 aromatic carbocycles. The monoisotopic (exact) mass is 281 g/mol. The minimum Gasteiger partial charge on any atom is -0.381 e. The van der Waals surface area contributed by atoms with Crippen LogP contribution in [0.15, 0.2) is 30.3 Å². The first-order valence-electron chi connectivity index (χ1n) is 7.31. The van der Waals surface area contributed by atoms with E-state index in [0.717, 1.165) is 28.9 Å². The lowest BCUT2D eigenvalue weighted by Crippen LogP contribution is -2.09. The molecular formula is C19H23NO. The van der Waals surface area contributed by atoms with Crippen LogP contribution in [0.3, 0.4) is 0 Å². The third-order valence-electron chi connectivity index (χ3n) is 4.00. The molecule has 0 aromatic heterocycles. The van der Waals surface area contributed by atoms with Gasteiger partial charge in [0, 0.05) is 17.8 Å². The molecule has 0 aliphatic carbocycles. The lowest BCUT2D eigenvalue weighted by Gasteiger charge is -2.17. The van der Waals surface area contributed by atoms with Gasteiger partial charge in [0.15, 0.2) is 5.78 Å². The average molecular weight is 281 g/mol. The molecule has 2 heteroatoms. The molecule has 0 bridgehead atoms. The smallest absolute Gasteiger partial charge is 0.160 e. The van der Waals surface area contributed by atoms with Crippen LogP contribution in [0.1, 0.15) is 45.1 Å². The fourth-order valence-electron chi connectivity index (χ4n) is 2.90. The number of rotatable bonds is 4. The molecular weight excluding hydrogens is 258 g/mol. The number of nitrogens with one attached hydrogen (secondary N) is 1. The first-order valence-corrected chi connectivity index (χ1v) is 7.31. The molecule has 0 heterocycles. The van der Waals surface area contributed by atoms with Crippen LogP contribution in [0.4, 0.5) is 5.69 Å². The van der Waals surface area contributed by atoms with Crippen LogP contribution in [0.25, 0.3) is 0 Å². The highest BCUT2D eigenvalue weighted by atomic mass is 16.1. The molecule has 110 valence electrons. The summed E-state index contributed by atoms with van der Waals surface area (Å²) >= 11 is 0. The largest absolute Gasteiger partial charge is 0.381 e.